The summed E-state index contributed by atoms with van der Waals surface area (Å²) in [6.07, 6.45) is 0. The molecule has 0 heterocycles. The van der Waals surface area contributed by atoms with Gasteiger partial charge in [-0.15, -0.1) is 0 Å². The highest BCUT2D eigenvalue weighted by Gasteiger charge is 2.01. The van der Waals surface area contributed by atoms with Crippen LogP contribution in [-0.4, -0.2) is 7.05 Å². The first-order valence-electron chi connectivity index (χ1n) is 5.25. The zero-order valence-electron chi connectivity index (χ0n) is 9.42. The van der Waals surface area contributed by atoms with Crippen LogP contribution in [0.1, 0.15) is 5.56 Å². The molecule has 0 saturated carbocycles. The summed E-state index contributed by atoms with van der Waals surface area (Å²) < 4.78 is 0. The van der Waals surface area contributed by atoms with E-state index in [1.54, 1.807) is 0 Å². The van der Waals surface area contributed by atoms with Crippen molar-refractivity contribution in [2.24, 2.45) is 0 Å². The maximum Gasteiger partial charge on any atom is 0.0441 e. The van der Waals surface area contributed by atoms with E-state index in [-0.39, 0.29) is 0 Å². The summed E-state index contributed by atoms with van der Waals surface area (Å²) in [5, 5.41) is 3.94. The Hall–Kier alpha value is -1.47. The molecule has 2 aromatic carbocycles. The predicted octanol–water partition coefficient (Wildman–Crippen LogP) is 4.36. The van der Waals surface area contributed by atoms with E-state index < -0.39 is 0 Å². The monoisotopic (exact) mass is 231 g/mol. The summed E-state index contributed by atoms with van der Waals surface area (Å²) in [6.45, 7) is 2.01. The molecule has 2 heteroatoms. The van der Waals surface area contributed by atoms with Gasteiger partial charge in [-0.25, -0.2) is 0 Å². The summed E-state index contributed by atoms with van der Waals surface area (Å²) in [5.74, 6) is 0. The summed E-state index contributed by atoms with van der Waals surface area (Å²) in [4.78, 5) is 0. The summed E-state index contributed by atoms with van der Waals surface area (Å²) >= 11 is 6.12. The van der Waals surface area contributed by atoms with Gasteiger partial charge in [0.25, 0.3) is 0 Å². The molecule has 0 unspecified atom stereocenters. The van der Waals surface area contributed by atoms with Crippen LogP contribution in [0.3, 0.4) is 0 Å². The zero-order valence-corrected chi connectivity index (χ0v) is 10.2. The Morgan fingerprint density at radius 1 is 1.00 bits per heavy atom. The lowest BCUT2D eigenvalue weighted by atomic mass is 10.0. The van der Waals surface area contributed by atoms with Gasteiger partial charge in [-0.05, 0) is 41.8 Å². The van der Waals surface area contributed by atoms with Gasteiger partial charge in [0, 0.05) is 17.8 Å². The number of halogens is 1. The van der Waals surface area contributed by atoms with Crippen LogP contribution in [0, 0.1) is 6.92 Å². The first-order chi connectivity index (χ1) is 7.70. The first kappa shape index (κ1) is 11.0. The van der Waals surface area contributed by atoms with Crippen molar-refractivity contribution < 1.29 is 0 Å². The van der Waals surface area contributed by atoms with E-state index in [0.717, 1.165) is 21.8 Å². The topological polar surface area (TPSA) is 12.0 Å². The Morgan fingerprint density at radius 3 is 2.44 bits per heavy atom. The van der Waals surface area contributed by atoms with E-state index in [1.807, 2.05) is 38.2 Å². The van der Waals surface area contributed by atoms with Crippen molar-refractivity contribution in [1.82, 2.24) is 0 Å². The van der Waals surface area contributed by atoms with Crippen LogP contribution >= 0.6 is 11.6 Å². The fraction of sp³-hybridized carbons (Fsp3) is 0.143. The second-order valence-corrected chi connectivity index (χ2v) is 4.20. The second-order valence-electron chi connectivity index (χ2n) is 3.79. The molecule has 0 spiro atoms. The number of anilines is 1. The molecule has 0 fully saturated rings. The Labute approximate surface area is 101 Å². The molecule has 0 amide bonds. The lowest BCUT2D eigenvalue weighted by Gasteiger charge is -2.06. The van der Waals surface area contributed by atoms with Crippen LogP contribution in [-0.2, 0) is 0 Å². The van der Waals surface area contributed by atoms with Crippen LogP contribution in [0.5, 0.6) is 0 Å². The van der Waals surface area contributed by atoms with Crippen LogP contribution in [0.25, 0.3) is 11.1 Å². The van der Waals surface area contributed by atoms with Crippen molar-refractivity contribution >= 4 is 17.3 Å². The maximum absolute atomic E-state index is 6.12. The standard InChI is InChI=1S/C14H14ClN/c1-10-6-7-12(9-14(10)15)11-4-3-5-13(8-11)16-2/h3-9,16H,1-2H3. The predicted molar refractivity (Wildman–Crippen MR) is 71.2 cm³/mol. The van der Waals surface area contributed by atoms with Crippen LogP contribution in [0.4, 0.5) is 5.69 Å². The van der Waals surface area contributed by atoms with Crippen molar-refractivity contribution in [3.05, 3.63) is 53.1 Å². The Morgan fingerprint density at radius 2 is 1.75 bits per heavy atom. The fourth-order valence-corrected chi connectivity index (χ4v) is 1.81. The molecule has 0 aliphatic carbocycles. The second kappa shape index (κ2) is 4.58. The highest BCUT2D eigenvalue weighted by Crippen LogP contribution is 2.26. The smallest absolute Gasteiger partial charge is 0.0441 e. The molecule has 2 rings (SSSR count). The average molecular weight is 232 g/mol. The van der Waals surface area contributed by atoms with Crippen LogP contribution < -0.4 is 5.32 Å². The van der Waals surface area contributed by atoms with Crippen LogP contribution in [0.2, 0.25) is 5.02 Å². The summed E-state index contributed by atoms with van der Waals surface area (Å²) in [6, 6.07) is 14.4. The molecular weight excluding hydrogens is 218 g/mol. The van der Waals surface area contributed by atoms with E-state index >= 15 is 0 Å². The zero-order chi connectivity index (χ0) is 11.5. The van der Waals surface area contributed by atoms with Gasteiger partial charge >= 0.3 is 0 Å². The minimum atomic E-state index is 0.812. The van der Waals surface area contributed by atoms with Crippen molar-refractivity contribution in [2.75, 3.05) is 12.4 Å². The Bertz CT molecular complexity index is 506. The van der Waals surface area contributed by atoms with Gasteiger partial charge in [0.1, 0.15) is 0 Å². The van der Waals surface area contributed by atoms with E-state index in [4.69, 9.17) is 11.6 Å². The van der Waals surface area contributed by atoms with Gasteiger partial charge < -0.3 is 5.32 Å². The number of hydrogen-bond donors (Lipinski definition) is 1. The highest BCUT2D eigenvalue weighted by molar-refractivity contribution is 6.31. The number of nitrogens with one attached hydrogen (secondary N) is 1. The molecule has 0 atom stereocenters. The molecule has 0 saturated heterocycles. The molecule has 1 nitrogen and oxygen atoms in total. The van der Waals surface area contributed by atoms with Gasteiger partial charge in [0.2, 0.25) is 0 Å². The Kier molecular flexibility index (Phi) is 3.16. The Balaban J connectivity index is 2.46. The molecule has 0 aliphatic rings. The normalized spacial score (nSPS) is 10.2. The van der Waals surface area contributed by atoms with Crippen molar-refractivity contribution in [1.29, 1.82) is 0 Å². The molecule has 16 heavy (non-hydrogen) atoms. The molecule has 2 aromatic rings. The van der Waals surface area contributed by atoms with Crippen molar-refractivity contribution in [2.45, 2.75) is 6.92 Å². The third-order valence-electron chi connectivity index (χ3n) is 2.66. The van der Waals surface area contributed by atoms with Crippen LogP contribution in [0.15, 0.2) is 42.5 Å². The minimum absolute atomic E-state index is 0.812. The molecule has 0 bridgehead atoms. The lowest BCUT2D eigenvalue weighted by Crippen LogP contribution is -1.88. The van der Waals surface area contributed by atoms with Crippen molar-refractivity contribution in [3.63, 3.8) is 0 Å². The third kappa shape index (κ3) is 2.20. The highest BCUT2D eigenvalue weighted by atomic mass is 35.5. The molecule has 0 aromatic heterocycles. The minimum Gasteiger partial charge on any atom is -0.388 e. The van der Waals surface area contributed by atoms with E-state index in [2.05, 4.69) is 23.5 Å². The molecule has 1 N–H and O–H groups in total. The van der Waals surface area contributed by atoms with E-state index in [0.29, 0.717) is 0 Å². The fourth-order valence-electron chi connectivity index (χ4n) is 1.63. The third-order valence-corrected chi connectivity index (χ3v) is 3.06. The largest absolute Gasteiger partial charge is 0.388 e. The number of benzene rings is 2. The van der Waals surface area contributed by atoms with Gasteiger partial charge in [-0.3, -0.25) is 0 Å². The number of aryl methyl sites for hydroxylation is 1. The molecule has 0 radical (unpaired) electrons. The first-order valence-corrected chi connectivity index (χ1v) is 5.63. The van der Waals surface area contributed by atoms with E-state index in [9.17, 15) is 0 Å². The maximum atomic E-state index is 6.12. The molecule has 82 valence electrons. The molecule has 0 aliphatic heterocycles. The number of hydrogen-bond acceptors (Lipinski definition) is 1. The van der Waals surface area contributed by atoms with E-state index in [1.165, 1.54) is 5.56 Å². The summed E-state index contributed by atoms with van der Waals surface area (Å²) in [5.41, 5.74) is 4.53. The van der Waals surface area contributed by atoms with Gasteiger partial charge in [0.05, 0.1) is 0 Å². The lowest BCUT2D eigenvalue weighted by molar-refractivity contribution is 1.46. The van der Waals surface area contributed by atoms with Gasteiger partial charge in [-0.2, -0.15) is 0 Å². The van der Waals surface area contributed by atoms with Gasteiger partial charge in [-0.1, -0.05) is 35.9 Å². The summed E-state index contributed by atoms with van der Waals surface area (Å²) in [7, 11) is 1.92. The van der Waals surface area contributed by atoms with Crippen molar-refractivity contribution in [3.8, 4) is 11.1 Å². The number of rotatable bonds is 2. The van der Waals surface area contributed by atoms with Gasteiger partial charge in [0.15, 0.2) is 0 Å². The SMILES string of the molecule is CNc1cccc(-c2ccc(C)c(Cl)c2)c1. The average Bonchev–Trinajstić information content (AvgIpc) is 2.33. The quantitative estimate of drug-likeness (QED) is 0.810. The molecular formula is C14H14ClN.